The van der Waals surface area contributed by atoms with Crippen LogP contribution in [0.2, 0.25) is 5.02 Å². The van der Waals surface area contributed by atoms with E-state index < -0.39 is 23.0 Å². The minimum absolute atomic E-state index is 0.00572. The normalized spacial score (nSPS) is 15.0. The number of carbonyl (C=O) groups is 1. The van der Waals surface area contributed by atoms with Gasteiger partial charge in [-0.25, -0.2) is 4.79 Å². The highest BCUT2D eigenvalue weighted by Gasteiger charge is 2.46. The molecule has 4 N–H and O–H groups in total. The summed E-state index contributed by atoms with van der Waals surface area (Å²) in [5.41, 5.74) is 5.57. The predicted octanol–water partition coefficient (Wildman–Crippen LogP) is 4.55. The highest BCUT2D eigenvalue weighted by atomic mass is 35.5. The molecular formula is C21H26ClNO4. The van der Waals surface area contributed by atoms with E-state index in [0.717, 1.165) is 5.56 Å². The van der Waals surface area contributed by atoms with Gasteiger partial charge >= 0.3 is 6.09 Å². The zero-order valence-electron chi connectivity index (χ0n) is 15.8. The molecule has 0 aromatic heterocycles. The van der Waals surface area contributed by atoms with Crippen LogP contribution in [-0.2, 0) is 10.2 Å². The van der Waals surface area contributed by atoms with Crippen molar-refractivity contribution < 1.29 is 19.7 Å². The number of amides is 1. The second kappa shape index (κ2) is 8.19. The van der Waals surface area contributed by atoms with Gasteiger partial charge < -0.3 is 20.7 Å². The molecule has 2 rings (SSSR count). The lowest BCUT2D eigenvalue weighted by molar-refractivity contribution is 0.0223. The maximum Gasteiger partial charge on any atom is 0.404 e. The van der Waals surface area contributed by atoms with Gasteiger partial charge in [0.2, 0.25) is 0 Å². The summed E-state index contributed by atoms with van der Waals surface area (Å²) in [6.07, 6.45) is -1.44. The van der Waals surface area contributed by atoms with Crippen LogP contribution in [-0.4, -0.2) is 22.9 Å². The molecule has 6 heteroatoms. The standard InChI is InChI=1S/C21H26ClNO4/c1-20(2,3)21(13-27-19(23)26,15-7-9-17(24)10-8-15)12-18(25)14-5-4-6-16(22)11-14/h4-11,18,24-25H,12-13H2,1-3H3,(H2,23,26)/t18-,21?/m1/s1. The summed E-state index contributed by atoms with van der Waals surface area (Å²) in [7, 11) is 0. The third-order valence-corrected chi connectivity index (χ3v) is 5.33. The average molecular weight is 392 g/mol. The van der Waals surface area contributed by atoms with E-state index in [1.54, 1.807) is 48.5 Å². The molecule has 2 aromatic carbocycles. The number of phenolic OH excluding ortho intramolecular Hbond substituents is 1. The number of aliphatic hydroxyl groups excluding tert-OH is 1. The van der Waals surface area contributed by atoms with E-state index in [1.807, 2.05) is 20.8 Å². The fraction of sp³-hybridized carbons (Fsp3) is 0.381. The summed E-state index contributed by atoms with van der Waals surface area (Å²) in [6, 6.07) is 13.7. The van der Waals surface area contributed by atoms with Gasteiger partial charge in [-0.05, 0) is 47.2 Å². The van der Waals surface area contributed by atoms with Crippen molar-refractivity contribution >= 4 is 17.7 Å². The molecule has 2 atom stereocenters. The Hall–Kier alpha value is -2.24. The Kier molecular flexibility index (Phi) is 6.39. The summed E-state index contributed by atoms with van der Waals surface area (Å²) in [4.78, 5) is 11.3. The van der Waals surface area contributed by atoms with Crippen LogP contribution in [0, 0.1) is 5.41 Å². The van der Waals surface area contributed by atoms with Crippen LogP contribution in [0.4, 0.5) is 4.79 Å². The van der Waals surface area contributed by atoms with Gasteiger partial charge in [0.15, 0.2) is 0 Å². The van der Waals surface area contributed by atoms with Crippen LogP contribution >= 0.6 is 11.6 Å². The number of primary amides is 1. The second-order valence-corrected chi connectivity index (χ2v) is 8.20. The minimum Gasteiger partial charge on any atom is -0.508 e. The van der Waals surface area contributed by atoms with Crippen LogP contribution in [0.25, 0.3) is 0 Å². The Balaban J connectivity index is 2.52. The molecule has 27 heavy (non-hydrogen) atoms. The van der Waals surface area contributed by atoms with E-state index >= 15 is 0 Å². The van der Waals surface area contributed by atoms with E-state index in [4.69, 9.17) is 22.1 Å². The number of aromatic hydroxyl groups is 1. The second-order valence-electron chi connectivity index (χ2n) is 7.76. The molecule has 0 bridgehead atoms. The number of halogens is 1. The van der Waals surface area contributed by atoms with Gasteiger partial charge in [-0.1, -0.05) is 56.6 Å². The lowest BCUT2D eigenvalue weighted by Gasteiger charge is -2.46. The SMILES string of the molecule is CC(C)(C)C(COC(N)=O)(C[C@@H](O)c1cccc(Cl)c1)c1ccc(O)cc1. The van der Waals surface area contributed by atoms with Crippen molar-refractivity contribution in [3.63, 3.8) is 0 Å². The van der Waals surface area contributed by atoms with Crippen molar-refractivity contribution in [2.75, 3.05) is 6.61 Å². The number of hydrogen-bond donors (Lipinski definition) is 3. The van der Waals surface area contributed by atoms with E-state index in [0.29, 0.717) is 10.6 Å². The van der Waals surface area contributed by atoms with Crippen molar-refractivity contribution in [2.45, 2.75) is 38.7 Å². The van der Waals surface area contributed by atoms with Crippen LogP contribution in [0.3, 0.4) is 0 Å². The summed E-state index contributed by atoms with van der Waals surface area (Å²) in [5, 5.41) is 21.1. The molecule has 1 amide bonds. The first-order valence-corrected chi connectivity index (χ1v) is 9.08. The molecule has 5 nitrogen and oxygen atoms in total. The maximum atomic E-state index is 11.3. The van der Waals surface area contributed by atoms with Crippen molar-refractivity contribution in [2.24, 2.45) is 11.1 Å². The number of benzene rings is 2. The average Bonchev–Trinajstić information content (AvgIpc) is 2.58. The fourth-order valence-electron chi connectivity index (χ4n) is 3.35. The molecule has 0 saturated heterocycles. The molecule has 1 unspecified atom stereocenters. The molecular weight excluding hydrogens is 366 g/mol. The third kappa shape index (κ3) is 4.93. The molecule has 0 heterocycles. The van der Waals surface area contributed by atoms with E-state index in [-0.39, 0.29) is 18.8 Å². The van der Waals surface area contributed by atoms with E-state index in [2.05, 4.69) is 0 Å². The number of rotatable bonds is 6. The number of phenols is 1. The number of hydrogen-bond acceptors (Lipinski definition) is 4. The first-order valence-electron chi connectivity index (χ1n) is 8.70. The van der Waals surface area contributed by atoms with Crippen molar-refractivity contribution in [1.29, 1.82) is 0 Å². The van der Waals surface area contributed by atoms with Gasteiger partial charge in [0.05, 0.1) is 6.10 Å². The summed E-state index contributed by atoms with van der Waals surface area (Å²) in [5.74, 6) is 0.132. The minimum atomic E-state index is -0.875. The highest BCUT2D eigenvalue weighted by Crippen LogP contribution is 2.48. The van der Waals surface area contributed by atoms with Crippen LogP contribution in [0.1, 0.15) is 44.4 Å². The van der Waals surface area contributed by atoms with Gasteiger partial charge in [-0.3, -0.25) is 0 Å². The van der Waals surface area contributed by atoms with E-state index in [1.165, 1.54) is 0 Å². The van der Waals surface area contributed by atoms with Crippen molar-refractivity contribution in [3.05, 3.63) is 64.7 Å². The monoisotopic (exact) mass is 391 g/mol. The molecule has 0 saturated carbocycles. The van der Waals surface area contributed by atoms with Gasteiger partial charge in [-0.2, -0.15) is 0 Å². The highest BCUT2D eigenvalue weighted by molar-refractivity contribution is 6.30. The van der Waals surface area contributed by atoms with Gasteiger partial charge in [-0.15, -0.1) is 0 Å². The van der Waals surface area contributed by atoms with Crippen LogP contribution < -0.4 is 5.73 Å². The lowest BCUT2D eigenvalue weighted by Crippen LogP contribution is -2.46. The maximum absolute atomic E-state index is 11.3. The molecule has 0 aliphatic carbocycles. The Bertz CT molecular complexity index is 786. The first-order chi connectivity index (χ1) is 12.5. The molecule has 0 spiro atoms. The Morgan fingerprint density at radius 1 is 1.19 bits per heavy atom. The zero-order chi connectivity index (χ0) is 20.2. The van der Waals surface area contributed by atoms with E-state index in [9.17, 15) is 15.0 Å². The van der Waals surface area contributed by atoms with Crippen LogP contribution in [0.5, 0.6) is 5.75 Å². The Morgan fingerprint density at radius 3 is 2.33 bits per heavy atom. The fourth-order valence-corrected chi connectivity index (χ4v) is 3.55. The van der Waals surface area contributed by atoms with Crippen molar-refractivity contribution in [3.8, 4) is 5.75 Å². The van der Waals surface area contributed by atoms with Gasteiger partial charge in [0.25, 0.3) is 0 Å². The Labute approximate surface area is 164 Å². The van der Waals surface area contributed by atoms with Gasteiger partial charge in [0, 0.05) is 10.4 Å². The quantitative estimate of drug-likeness (QED) is 0.673. The molecule has 0 aliphatic rings. The van der Waals surface area contributed by atoms with Crippen molar-refractivity contribution in [1.82, 2.24) is 0 Å². The number of carbonyl (C=O) groups excluding carboxylic acids is 1. The largest absolute Gasteiger partial charge is 0.508 e. The number of aliphatic hydroxyl groups is 1. The summed E-state index contributed by atoms with van der Waals surface area (Å²) < 4.78 is 5.22. The molecule has 146 valence electrons. The Morgan fingerprint density at radius 2 is 1.81 bits per heavy atom. The molecule has 0 fully saturated rings. The molecule has 0 radical (unpaired) electrons. The zero-order valence-corrected chi connectivity index (χ0v) is 16.5. The smallest absolute Gasteiger partial charge is 0.404 e. The van der Waals surface area contributed by atoms with Crippen LogP contribution in [0.15, 0.2) is 48.5 Å². The summed E-state index contributed by atoms with van der Waals surface area (Å²) in [6.45, 7) is 6.02. The topological polar surface area (TPSA) is 92.8 Å². The number of nitrogens with two attached hydrogens (primary N) is 1. The van der Waals surface area contributed by atoms with Gasteiger partial charge in [0.1, 0.15) is 12.4 Å². The first kappa shape index (κ1) is 21.1. The number of ether oxygens (including phenoxy) is 1. The molecule has 2 aromatic rings. The predicted molar refractivity (Wildman–Crippen MR) is 106 cm³/mol. The third-order valence-electron chi connectivity index (χ3n) is 5.09. The molecule has 0 aliphatic heterocycles. The lowest BCUT2D eigenvalue weighted by atomic mass is 9.60. The summed E-state index contributed by atoms with van der Waals surface area (Å²) >= 11 is 6.06.